The van der Waals surface area contributed by atoms with Crippen LogP contribution >= 0.6 is 15.9 Å². The lowest BCUT2D eigenvalue weighted by Crippen LogP contribution is -2.06. The van der Waals surface area contributed by atoms with Crippen molar-refractivity contribution >= 4 is 28.4 Å². The van der Waals surface area contributed by atoms with E-state index < -0.39 is 5.92 Å². The number of halogens is 1. The zero-order chi connectivity index (χ0) is 26.6. The number of hydrogen-bond acceptors (Lipinski definition) is 10. The number of benzene rings is 3. The third-order valence-corrected chi connectivity index (χ3v) is 6.24. The van der Waals surface area contributed by atoms with Gasteiger partial charge in [-0.05, 0) is 99.9 Å². The Bertz CT molecular complexity index is 1560. The van der Waals surface area contributed by atoms with Crippen LogP contribution in [-0.4, -0.2) is 63.3 Å². The van der Waals surface area contributed by atoms with Crippen LogP contribution in [0.25, 0.3) is 0 Å². The van der Waals surface area contributed by atoms with Gasteiger partial charge in [0.05, 0.1) is 12.4 Å². The Balaban J connectivity index is 1.61. The van der Waals surface area contributed by atoms with Crippen LogP contribution in [0.3, 0.4) is 0 Å². The van der Waals surface area contributed by atoms with Gasteiger partial charge in [-0.3, -0.25) is 0 Å². The molecule has 2 N–H and O–H groups in total. The molecule has 0 radical (unpaired) electrons. The first-order chi connectivity index (χ1) is 18.4. The first-order valence-corrected chi connectivity index (χ1v) is 12.2. The van der Waals surface area contributed by atoms with Gasteiger partial charge in [-0.1, -0.05) is 28.1 Å². The number of nitrogens with zero attached hydrogens (tertiary/aromatic N) is 10. The molecular formula is C25H21BrN10O2. The van der Waals surface area contributed by atoms with E-state index in [-0.39, 0.29) is 11.5 Å². The predicted molar refractivity (Wildman–Crippen MR) is 142 cm³/mol. The molecule has 0 amide bonds. The third kappa shape index (κ3) is 5.32. The molecule has 0 unspecified atom stereocenters. The zero-order valence-electron chi connectivity index (χ0n) is 20.3. The maximum atomic E-state index is 11.0. The molecule has 0 aliphatic heterocycles. The summed E-state index contributed by atoms with van der Waals surface area (Å²) in [5, 5.41) is 53.0. The van der Waals surface area contributed by atoms with Gasteiger partial charge < -0.3 is 10.2 Å². The summed E-state index contributed by atoms with van der Waals surface area (Å²) in [4.78, 5) is 2.61. The first-order valence-electron chi connectivity index (χ1n) is 11.4. The second kappa shape index (κ2) is 10.7. The first kappa shape index (κ1) is 24.9. The number of phenolic OH excluding ortho intramolecular Hbond substituents is 2. The molecule has 0 atom stereocenters. The maximum absolute atomic E-state index is 11.0. The van der Waals surface area contributed by atoms with Crippen LogP contribution in [0.5, 0.6) is 11.5 Å². The summed E-state index contributed by atoms with van der Waals surface area (Å²) in [6.07, 6.45) is 3.20. The van der Waals surface area contributed by atoms with E-state index in [4.69, 9.17) is 0 Å². The quantitative estimate of drug-likeness (QED) is 0.222. The van der Waals surface area contributed by atoms with Crippen molar-refractivity contribution in [1.29, 1.82) is 0 Å². The Morgan fingerprint density at radius 3 is 1.74 bits per heavy atom. The van der Waals surface area contributed by atoms with Crippen molar-refractivity contribution in [2.24, 2.45) is 10.2 Å². The number of aryl methyl sites for hydroxylation is 2. The average Bonchev–Trinajstić information content (AvgIpc) is 3.51. The summed E-state index contributed by atoms with van der Waals surface area (Å²) in [5.74, 6) is 0.667. The number of phenols is 2. The third-order valence-electron chi connectivity index (χ3n) is 5.75. The Morgan fingerprint density at radius 1 is 0.763 bits per heavy atom. The number of aromatic nitrogens is 8. The topological polar surface area (TPSA) is 152 Å². The van der Waals surface area contributed by atoms with Crippen molar-refractivity contribution in [2.75, 3.05) is 0 Å². The molecule has 3 aromatic carbocycles. The van der Waals surface area contributed by atoms with Crippen LogP contribution in [0, 0.1) is 13.8 Å². The van der Waals surface area contributed by atoms with Crippen molar-refractivity contribution in [3.8, 4) is 11.5 Å². The fourth-order valence-electron chi connectivity index (χ4n) is 3.89. The fraction of sp³-hybridized carbons (Fsp3) is 0.120. The second-order valence-corrected chi connectivity index (χ2v) is 9.26. The van der Waals surface area contributed by atoms with E-state index in [0.717, 1.165) is 10.0 Å². The van der Waals surface area contributed by atoms with Crippen LogP contribution in [0.2, 0.25) is 0 Å². The Morgan fingerprint density at radius 2 is 1.29 bits per heavy atom. The van der Waals surface area contributed by atoms with Crippen LogP contribution < -0.4 is 0 Å². The van der Waals surface area contributed by atoms with Gasteiger partial charge in [-0.2, -0.15) is 10.2 Å². The lowest BCUT2D eigenvalue weighted by molar-refractivity contribution is 0.458. The highest BCUT2D eigenvalue weighted by Gasteiger charge is 2.24. The van der Waals surface area contributed by atoms with Gasteiger partial charge in [0, 0.05) is 21.5 Å². The lowest BCUT2D eigenvalue weighted by Gasteiger charge is -2.22. The smallest absolute Gasteiger partial charge is 0.173 e. The summed E-state index contributed by atoms with van der Waals surface area (Å²) in [6.45, 7) is 3.48. The summed E-state index contributed by atoms with van der Waals surface area (Å²) in [7, 11) is 0. The van der Waals surface area contributed by atoms with Crippen LogP contribution in [-0.2, 0) is 0 Å². The molecule has 0 fully saturated rings. The molecule has 0 saturated heterocycles. The minimum absolute atomic E-state index is 0.0634. The Hall–Kier alpha value is -4.78. The van der Waals surface area contributed by atoms with E-state index >= 15 is 0 Å². The minimum Gasteiger partial charge on any atom is -0.508 e. The van der Waals surface area contributed by atoms with E-state index in [1.807, 2.05) is 36.4 Å². The van der Waals surface area contributed by atoms with Gasteiger partial charge in [0.1, 0.15) is 11.5 Å². The van der Waals surface area contributed by atoms with Crippen molar-refractivity contribution < 1.29 is 10.2 Å². The molecule has 0 bridgehead atoms. The Labute approximate surface area is 225 Å². The molecule has 5 rings (SSSR count). The van der Waals surface area contributed by atoms with Gasteiger partial charge in [-0.25, -0.2) is 0 Å². The molecular weight excluding hydrogens is 552 g/mol. The molecule has 2 aromatic heterocycles. The van der Waals surface area contributed by atoms with E-state index in [2.05, 4.69) is 57.2 Å². The maximum Gasteiger partial charge on any atom is 0.173 e. The van der Waals surface area contributed by atoms with Gasteiger partial charge in [0.15, 0.2) is 11.6 Å². The molecule has 0 aliphatic carbocycles. The molecule has 0 aliphatic rings. The van der Waals surface area contributed by atoms with Gasteiger partial charge in [-0.15, -0.1) is 19.8 Å². The van der Waals surface area contributed by atoms with E-state index in [9.17, 15) is 10.2 Å². The molecule has 2 heterocycles. The fourth-order valence-corrected chi connectivity index (χ4v) is 4.31. The molecule has 5 aromatic rings. The molecule has 190 valence electrons. The van der Waals surface area contributed by atoms with Crippen molar-refractivity contribution in [2.45, 2.75) is 19.8 Å². The zero-order valence-corrected chi connectivity index (χ0v) is 21.8. The van der Waals surface area contributed by atoms with Crippen LogP contribution in [0.1, 0.15) is 45.4 Å². The number of hydrogen-bond donors (Lipinski definition) is 2. The summed E-state index contributed by atoms with van der Waals surface area (Å²) in [6, 6.07) is 18.0. The SMILES string of the molecule is Cc1nnnn1/N=C/c1ccc(O)c(C(c2cccc(Br)c2)c2cc(/C=N/n3nnnc3C)ccc2O)c1. The standard InChI is InChI=1S/C25H21BrN10O2/c1-15-29-31-33-35(15)27-13-17-6-8-23(37)21(10-17)25(19-4-3-5-20(26)12-19)22-11-18(7-9-24(22)38)14-28-36-16(2)30-32-34-36/h3-14,25,37-38H,1-2H3/b27-13+,28-14+. The van der Waals surface area contributed by atoms with Crippen molar-refractivity contribution in [3.63, 3.8) is 0 Å². The normalized spacial score (nSPS) is 11.8. The number of tetrazole rings is 2. The highest BCUT2D eigenvalue weighted by Crippen LogP contribution is 2.41. The Kier molecular flexibility index (Phi) is 7.00. The van der Waals surface area contributed by atoms with E-state index in [0.29, 0.717) is 33.9 Å². The molecule has 12 nitrogen and oxygen atoms in total. The molecule has 0 spiro atoms. The van der Waals surface area contributed by atoms with E-state index in [1.54, 1.807) is 50.5 Å². The molecule has 0 saturated carbocycles. The summed E-state index contributed by atoms with van der Waals surface area (Å²) >= 11 is 3.54. The lowest BCUT2D eigenvalue weighted by atomic mass is 9.83. The molecule has 38 heavy (non-hydrogen) atoms. The number of rotatable bonds is 7. The van der Waals surface area contributed by atoms with Crippen LogP contribution in [0.15, 0.2) is 75.3 Å². The average molecular weight is 573 g/mol. The monoisotopic (exact) mass is 572 g/mol. The van der Waals surface area contributed by atoms with Crippen molar-refractivity contribution in [1.82, 2.24) is 40.6 Å². The van der Waals surface area contributed by atoms with Gasteiger partial charge in [0.2, 0.25) is 0 Å². The van der Waals surface area contributed by atoms with Crippen molar-refractivity contribution in [3.05, 3.63) is 105 Å². The second-order valence-electron chi connectivity index (χ2n) is 8.34. The highest BCUT2D eigenvalue weighted by molar-refractivity contribution is 9.10. The van der Waals surface area contributed by atoms with E-state index in [1.165, 1.54) is 9.58 Å². The van der Waals surface area contributed by atoms with Gasteiger partial charge in [0.25, 0.3) is 0 Å². The summed E-state index contributed by atoms with van der Waals surface area (Å²) < 4.78 is 0.859. The van der Waals surface area contributed by atoms with Gasteiger partial charge >= 0.3 is 0 Å². The largest absolute Gasteiger partial charge is 0.508 e. The molecule has 13 heteroatoms. The van der Waals surface area contributed by atoms with Crippen LogP contribution in [0.4, 0.5) is 0 Å². The number of aromatic hydroxyl groups is 2. The summed E-state index contributed by atoms with van der Waals surface area (Å²) in [5.41, 5.74) is 3.40. The highest BCUT2D eigenvalue weighted by atomic mass is 79.9. The minimum atomic E-state index is -0.529. The predicted octanol–water partition coefficient (Wildman–Crippen LogP) is 3.39.